The van der Waals surface area contributed by atoms with Gasteiger partial charge in [-0.25, -0.2) is 17.2 Å². The summed E-state index contributed by atoms with van der Waals surface area (Å²) < 4.78 is 60.3. The number of anilines is 1. The van der Waals surface area contributed by atoms with Crippen molar-refractivity contribution >= 4 is 21.6 Å². The molecule has 0 atom stereocenters. The number of benzene rings is 3. The second-order valence-electron chi connectivity index (χ2n) is 6.89. The topological polar surface area (TPSA) is 75.7 Å². The Kier molecular flexibility index (Phi) is 7.55. The van der Waals surface area contributed by atoms with Crippen molar-refractivity contribution in [3.05, 3.63) is 90.0 Å². The minimum atomic E-state index is -4.07. The third kappa shape index (κ3) is 5.68. The largest absolute Gasteiger partial charge is 0.497 e. The van der Waals surface area contributed by atoms with Crippen LogP contribution in [0, 0.1) is 11.6 Å². The van der Waals surface area contributed by atoms with Crippen molar-refractivity contribution < 1.29 is 26.7 Å². The molecular weight excluding hydrogens is 438 g/mol. The molecule has 0 aliphatic heterocycles. The highest BCUT2D eigenvalue weighted by Gasteiger charge is 2.27. The summed E-state index contributed by atoms with van der Waals surface area (Å²) in [5, 5.41) is 2.13. The highest BCUT2D eigenvalue weighted by atomic mass is 32.2. The zero-order valence-electron chi connectivity index (χ0n) is 17.3. The maximum Gasteiger partial charge on any atom is 0.243 e. The molecule has 3 rings (SSSR count). The van der Waals surface area contributed by atoms with Gasteiger partial charge in [0.2, 0.25) is 15.9 Å². The van der Waals surface area contributed by atoms with E-state index in [-0.39, 0.29) is 11.4 Å². The van der Waals surface area contributed by atoms with Gasteiger partial charge < -0.3 is 10.1 Å². The van der Waals surface area contributed by atoms with Gasteiger partial charge in [0.05, 0.1) is 18.6 Å². The number of para-hydroxylation sites is 1. The summed E-state index contributed by atoms with van der Waals surface area (Å²) in [4.78, 5) is 12.5. The molecule has 9 heteroatoms. The predicted molar refractivity (Wildman–Crippen MR) is 117 cm³/mol. The van der Waals surface area contributed by atoms with Gasteiger partial charge in [0.25, 0.3) is 0 Å². The number of carbonyl (C=O) groups excluding carboxylic acids is 1. The van der Waals surface area contributed by atoms with Gasteiger partial charge in [-0.1, -0.05) is 36.4 Å². The molecule has 0 saturated carbocycles. The van der Waals surface area contributed by atoms with E-state index >= 15 is 0 Å². The first kappa shape index (κ1) is 23.4. The van der Waals surface area contributed by atoms with Crippen molar-refractivity contribution in [1.82, 2.24) is 4.31 Å². The molecule has 0 aliphatic carbocycles. The zero-order valence-corrected chi connectivity index (χ0v) is 18.1. The predicted octanol–water partition coefficient (Wildman–Crippen LogP) is 3.85. The Morgan fingerprint density at radius 1 is 0.938 bits per heavy atom. The first-order valence-electron chi connectivity index (χ1n) is 9.73. The Morgan fingerprint density at radius 2 is 1.56 bits per heavy atom. The first-order valence-corrected chi connectivity index (χ1v) is 11.2. The summed E-state index contributed by atoms with van der Waals surface area (Å²) >= 11 is 0. The Hall–Kier alpha value is -3.30. The van der Waals surface area contributed by atoms with Crippen molar-refractivity contribution in [3.8, 4) is 5.75 Å². The average molecular weight is 461 g/mol. The molecule has 0 saturated heterocycles. The Morgan fingerprint density at radius 3 is 2.16 bits per heavy atom. The number of hydrogen-bond donors (Lipinski definition) is 1. The Balaban J connectivity index is 1.84. The highest BCUT2D eigenvalue weighted by Crippen LogP contribution is 2.21. The molecular formula is C23H22F2N2O4S. The number of nitrogens with zero attached hydrogens (tertiary/aromatic N) is 1. The van der Waals surface area contributed by atoms with E-state index in [1.54, 1.807) is 0 Å². The lowest BCUT2D eigenvalue weighted by Crippen LogP contribution is -2.39. The van der Waals surface area contributed by atoms with Gasteiger partial charge in [-0.3, -0.25) is 4.79 Å². The maximum atomic E-state index is 13.9. The molecule has 0 spiro atoms. The van der Waals surface area contributed by atoms with Gasteiger partial charge in [-0.15, -0.1) is 0 Å². The van der Waals surface area contributed by atoms with Gasteiger partial charge in [-0.2, -0.15) is 4.31 Å². The number of hydrogen-bond acceptors (Lipinski definition) is 4. The minimum Gasteiger partial charge on any atom is -0.497 e. The molecule has 32 heavy (non-hydrogen) atoms. The second-order valence-corrected chi connectivity index (χ2v) is 8.83. The molecule has 168 valence electrons. The average Bonchev–Trinajstić information content (AvgIpc) is 2.79. The monoisotopic (exact) mass is 460 g/mol. The molecule has 1 N–H and O–H groups in total. The zero-order chi connectivity index (χ0) is 23.1. The molecule has 0 radical (unpaired) electrons. The molecule has 0 fully saturated rings. The Bertz CT molecular complexity index is 1150. The first-order chi connectivity index (χ1) is 15.3. The van der Waals surface area contributed by atoms with Gasteiger partial charge in [0.15, 0.2) is 0 Å². The van der Waals surface area contributed by atoms with E-state index < -0.39 is 39.8 Å². The number of halogens is 2. The van der Waals surface area contributed by atoms with Crippen LogP contribution in [0.4, 0.5) is 14.5 Å². The summed E-state index contributed by atoms with van der Waals surface area (Å²) in [5.74, 6) is -2.29. The number of sulfonamides is 1. The molecule has 0 unspecified atom stereocenters. The van der Waals surface area contributed by atoms with E-state index in [4.69, 9.17) is 4.74 Å². The highest BCUT2D eigenvalue weighted by molar-refractivity contribution is 7.89. The van der Waals surface area contributed by atoms with Crippen molar-refractivity contribution in [2.75, 3.05) is 25.5 Å². The molecule has 3 aromatic rings. The summed E-state index contributed by atoms with van der Waals surface area (Å²) in [5.41, 5.74) is 0.255. The van der Waals surface area contributed by atoms with Gasteiger partial charge in [0, 0.05) is 6.54 Å². The smallest absolute Gasteiger partial charge is 0.243 e. The van der Waals surface area contributed by atoms with Crippen LogP contribution in [0.3, 0.4) is 0 Å². The third-order valence-corrected chi connectivity index (χ3v) is 6.60. The van der Waals surface area contributed by atoms with Gasteiger partial charge >= 0.3 is 0 Å². The lowest BCUT2D eigenvalue weighted by Gasteiger charge is -2.22. The fourth-order valence-electron chi connectivity index (χ4n) is 3.04. The molecule has 1 amide bonds. The van der Waals surface area contributed by atoms with E-state index in [2.05, 4.69) is 5.32 Å². The van der Waals surface area contributed by atoms with E-state index in [1.807, 2.05) is 30.3 Å². The van der Waals surface area contributed by atoms with E-state index in [1.165, 1.54) is 37.4 Å². The summed E-state index contributed by atoms with van der Waals surface area (Å²) in [6, 6.07) is 18.1. The molecule has 3 aromatic carbocycles. The van der Waals surface area contributed by atoms with Crippen LogP contribution < -0.4 is 10.1 Å². The van der Waals surface area contributed by atoms with Crippen LogP contribution in [0.25, 0.3) is 0 Å². The number of rotatable bonds is 9. The number of nitrogens with one attached hydrogen (secondary N) is 1. The van der Waals surface area contributed by atoms with Crippen LogP contribution in [-0.2, 0) is 21.2 Å². The number of amides is 1. The number of carbonyl (C=O) groups is 1. The van der Waals surface area contributed by atoms with Crippen LogP contribution in [0.15, 0.2) is 77.7 Å². The lowest BCUT2D eigenvalue weighted by atomic mass is 10.1. The summed E-state index contributed by atoms with van der Waals surface area (Å²) in [6.07, 6.45) is 0.345. The van der Waals surface area contributed by atoms with Crippen LogP contribution in [0.5, 0.6) is 5.75 Å². The third-order valence-electron chi connectivity index (χ3n) is 4.74. The summed E-state index contributed by atoms with van der Waals surface area (Å²) in [7, 11) is -2.61. The molecule has 0 heterocycles. The maximum absolute atomic E-state index is 13.9. The van der Waals surface area contributed by atoms with Crippen LogP contribution in [-0.4, -0.2) is 38.8 Å². The van der Waals surface area contributed by atoms with Gasteiger partial charge in [-0.05, 0) is 48.4 Å². The number of ether oxygens (including phenoxy) is 1. The Labute approximate surface area is 185 Å². The fourth-order valence-corrected chi connectivity index (χ4v) is 4.43. The lowest BCUT2D eigenvalue weighted by molar-refractivity contribution is -0.116. The molecule has 0 aliphatic rings. The van der Waals surface area contributed by atoms with E-state index in [0.29, 0.717) is 12.2 Å². The van der Waals surface area contributed by atoms with Crippen molar-refractivity contribution in [3.63, 3.8) is 0 Å². The SMILES string of the molecule is COc1ccc(S(=O)(=O)N(CCc2ccccc2)CC(=O)Nc2c(F)cccc2F)cc1. The normalized spacial score (nSPS) is 11.4. The minimum absolute atomic E-state index is 0.00838. The second kappa shape index (κ2) is 10.3. The van der Waals surface area contributed by atoms with Gasteiger partial charge in [0.1, 0.15) is 23.1 Å². The standard InChI is InChI=1S/C23H22F2N2O4S/c1-31-18-10-12-19(13-11-18)32(29,30)27(15-14-17-6-3-2-4-7-17)16-22(28)26-23-20(24)8-5-9-21(23)25/h2-13H,14-16H2,1H3,(H,26,28). The van der Waals surface area contributed by atoms with Crippen LogP contribution >= 0.6 is 0 Å². The van der Waals surface area contributed by atoms with Crippen LogP contribution in [0.1, 0.15) is 5.56 Å². The number of methoxy groups -OCH3 is 1. The molecule has 0 bridgehead atoms. The van der Waals surface area contributed by atoms with E-state index in [0.717, 1.165) is 22.0 Å². The molecule has 6 nitrogen and oxygen atoms in total. The van der Waals surface area contributed by atoms with Crippen LogP contribution in [0.2, 0.25) is 0 Å². The van der Waals surface area contributed by atoms with E-state index in [9.17, 15) is 22.0 Å². The molecule has 0 aromatic heterocycles. The fraction of sp³-hybridized carbons (Fsp3) is 0.174. The van der Waals surface area contributed by atoms with Crippen molar-refractivity contribution in [1.29, 1.82) is 0 Å². The van der Waals surface area contributed by atoms with Crippen molar-refractivity contribution in [2.45, 2.75) is 11.3 Å². The summed E-state index contributed by atoms with van der Waals surface area (Å²) in [6.45, 7) is -0.624. The van der Waals surface area contributed by atoms with Crippen molar-refractivity contribution in [2.24, 2.45) is 0 Å². The quantitative estimate of drug-likeness (QED) is 0.526.